The smallest absolute Gasteiger partial charge is 0.248 e. The van der Waals surface area contributed by atoms with E-state index in [1.54, 1.807) is 13.8 Å². The van der Waals surface area contributed by atoms with E-state index in [4.69, 9.17) is 5.73 Å². The standard InChI is InChI=1S/C57H100N12O13/c1-30(2)24-36(59-47(75)40(28-44(58)72)64-52(80)55(12,13)65-35(11)71)45(73)60-38(26-32(5)6)48(76)66-56(14,15)53(81)68-22-18-20-42(68)50(78)62-37(25-31(3)4)46(74)61-39(27-33(7)8)49(77)67-57(16,17)54(82)69-23-19-21-43(69)51(79)63-41(29-70)34(9)10/h30-34,36-43,70H,18-29H2,1-17H3,(H2,58,72)(H,59,75)(H,60,73)(H,61,74)(H,62,78)(H,63,79)(H,64,80)(H,65,71)(H,66,76)(H,67,77). The first-order chi connectivity index (χ1) is 37.7. The lowest BCUT2D eigenvalue weighted by Crippen LogP contribution is -2.64. The van der Waals surface area contributed by atoms with Crippen LogP contribution in [0.3, 0.4) is 0 Å². The molecule has 8 atom stereocenters. The second-order valence-electron chi connectivity index (χ2n) is 25.8. The highest BCUT2D eigenvalue weighted by Crippen LogP contribution is 2.25. The lowest BCUT2D eigenvalue weighted by atomic mass is 9.97. The van der Waals surface area contributed by atoms with Crippen LogP contribution in [-0.2, 0) is 57.5 Å². The highest BCUT2D eigenvalue weighted by molar-refractivity contribution is 6.01. The van der Waals surface area contributed by atoms with Crippen molar-refractivity contribution in [3.05, 3.63) is 0 Å². The molecule has 2 heterocycles. The van der Waals surface area contributed by atoms with Gasteiger partial charge >= 0.3 is 0 Å². The molecule has 2 fully saturated rings. The molecule has 2 aliphatic heterocycles. The Morgan fingerprint density at radius 2 is 0.817 bits per heavy atom. The van der Waals surface area contributed by atoms with E-state index in [1.165, 1.54) is 58.3 Å². The summed E-state index contributed by atoms with van der Waals surface area (Å²) in [4.78, 5) is 166. The van der Waals surface area contributed by atoms with Gasteiger partial charge in [0.2, 0.25) is 70.9 Å². The zero-order valence-corrected chi connectivity index (χ0v) is 51.8. The summed E-state index contributed by atoms with van der Waals surface area (Å²) in [6, 6.07) is -8.73. The number of carbonyl (C=O) groups excluding carboxylic acids is 12. The van der Waals surface area contributed by atoms with Crippen molar-refractivity contribution in [1.82, 2.24) is 57.7 Å². The third-order valence-electron chi connectivity index (χ3n) is 14.3. The maximum Gasteiger partial charge on any atom is 0.248 e. The second-order valence-corrected chi connectivity index (χ2v) is 25.8. The van der Waals surface area contributed by atoms with Crippen LogP contribution in [0.1, 0.15) is 175 Å². The van der Waals surface area contributed by atoms with Gasteiger partial charge in [-0.3, -0.25) is 57.5 Å². The van der Waals surface area contributed by atoms with Crippen LogP contribution in [0.5, 0.6) is 0 Å². The van der Waals surface area contributed by atoms with Gasteiger partial charge in [0.15, 0.2) is 0 Å². The predicted molar refractivity (Wildman–Crippen MR) is 307 cm³/mol. The number of rotatable bonds is 31. The highest BCUT2D eigenvalue weighted by Gasteiger charge is 2.46. The molecule has 0 aromatic heterocycles. The molecule has 12 N–H and O–H groups in total. The quantitative estimate of drug-likeness (QED) is 0.0445. The lowest BCUT2D eigenvalue weighted by molar-refractivity contribution is -0.146. The second kappa shape index (κ2) is 31.3. The molecule has 0 aliphatic carbocycles. The summed E-state index contributed by atoms with van der Waals surface area (Å²) in [5.74, 6) is -8.80. The van der Waals surface area contributed by atoms with Gasteiger partial charge in [-0.15, -0.1) is 0 Å². The van der Waals surface area contributed by atoms with Gasteiger partial charge in [-0.05, 0) is 122 Å². The van der Waals surface area contributed by atoms with E-state index < -0.39 is 142 Å². The molecular formula is C57H100N12O13. The first-order valence-electron chi connectivity index (χ1n) is 29.0. The largest absolute Gasteiger partial charge is 0.394 e. The molecule has 2 rings (SSSR count). The molecular weight excluding hydrogens is 1060 g/mol. The SMILES string of the molecule is CC(=O)NC(C)(C)C(=O)NC(CC(N)=O)C(=O)NC(CC(C)C)C(=O)NC(CC(C)C)C(=O)NC(C)(C)C(=O)N1CCCC1C(=O)NC(CC(C)C)C(=O)NC(CC(C)C)C(=O)NC(C)(C)C(=O)N1CCCC1C(=O)NC(CO)C(C)C. The fraction of sp³-hybridized carbons (Fsp3) is 0.789. The summed E-state index contributed by atoms with van der Waals surface area (Å²) >= 11 is 0. The Balaban J connectivity index is 2.31. The van der Waals surface area contributed by atoms with Gasteiger partial charge in [0.05, 0.1) is 19.1 Å². The van der Waals surface area contributed by atoms with E-state index in [-0.39, 0.29) is 81.4 Å². The number of carbonyl (C=O) groups is 12. The normalized spacial score (nSPS) is 18.0. The number of aliphatic hydroxyl groups is 1. The lowest BCUT2D eigenvalue weighted by Gasteiger charge is -2.35. The summed E-state index contributed by atoms with van der Waals surface area (Å²) < 4.78 is 0. The number of primary amides is 1. The van der Waals surface area contributed by atoms with Crippen molar-refractivity contribution in [3.8, 4) is 0 Å². The van der Waals surface area contributed by atoms with Gasteiger partial charge in [-0.2, -0.15) is 0 Å². The monoisotopic (exact) mass is 1160 g/mol. The van der Waals surface area contributed by atoms with Gasteiger partial charge in [0.25, 0.3) is 0 Å². The zero-order valence-electron chi connectivity index (χ0n) is 51.8. The molecule has 0 aromatic carbocycles. The van der Waals surface area contributed by atoms with Crippen molar-refractivity contribution in [2.75, 3.05) is 19.7 Å². The zero-order chi connectivity index (χ0) is 62.9. The average Bonchev–Trinajstić information content (AvgIpc) is 4.17. The summed E-state index contributed by atoms with van der Waals surface area (Å²) in [6.07, 6.45) is 1.44. The summed E-state index contributed by atoms with van der Waals surface area (Å²) in [5, 5.41) is 34.1. The first-order valence-corrected chi connectivity index (χ1v) is 29.0. The Kier molecular flexibility index (Phi) is 27.4. The molecule has 0 radical (unpaired) electrons. The maximum absolute atomic E-state index is 14.5. The van der Waals surface area contributed by atoms with Crippen molar-refractivity contribution in [1.29, 1.82) is 0 Å². The van der Waals surface area contributed by atoms with Crippen LogP contribution in [0.2, 0.25) is 0 Å². The van der Waals surface area contributed by atoms with Gasteiger partial charge in [-0.1, -0.05) is 69.2 Å². The summed E-state index contributed by atoms with van der Waals surface area (Å²) in [6.45, 7) is 28.5. The molecule has 8 unspecified atom stereocenters. The van der Waals surface area contributed by atoms with Crippen LogP contribution in [0.4, 0.5) is 0 Å². The number of nitrogens with two attached hydrogens (primary N) is 1. The highest BCUT2D eigenvalue weighted by atomic mass is 16.3. The van der Waals surface area contributed by atoms with E-state index in [0.29, 0.717) is 19.3 Å². The molecule has 12 amide bonds. The van der Waals surface area contributed by atoms with Crippen molar-refractivity contribution in [2.45, 2.75) is 240 Å². The Morgan fingerprint density at radius 3 is 1.15 bits per heavy atom. The van der Waals surface area contributed by atoms with Crippen molar-refractivity contribution in [2.24, 2.45) is 35.3 Å². The Morgan fingerprint density at radius 1 is 0.476 bits per heavy atom. The van der Waals surface area contributed by atoms with Crippen LogP contribution in [0, 0.1) is 29.6 Å². The predicted octanol–water partition coefficient (Wildman–Crippen LogP) is 0.290. The molecule has 25 nitrogen and oxygen atoms in total. The molecule has 2 aliphatic rings. The fourth-order valence-electron chi connectivity index (χ4n) is 10.0. The van der Waals surface area contributed by atoms with Gasteiger partial charge in [0.1, 0.15) is 58.9 Å². The minimum absolute atomic E-state index is 0.0535. The van der Waals surface area contributed by atoms with Crippen molar-refractivity contribution < 1.29 is 62.6 Å². The Hall–Kier alpha value is -6.40. The third kappa shape index (κ3) is 22.1. The molecule has 0 bridgehead atoms. The Bertz CT molecular complexity index is 2300. The maximum atomic E-state index is 14.5. The van der Waals surface area contributed by atoms with Crippen LogP contribution in [0.15, 0.2) is 0 Å². The number of aliphatic hydroxyl groups excluding tert-OH is 1. The van der Waals surface area contributed by atoms with Crippen LogP contribution >= 0.6 is 0 Å². The third-order valence-corrected chi connectivity index (χ3v) is 14.3. The summed E-state index contributed by atoms with van der Waals surface area (Å²) in [7, 11) is 0. The van der Waals surface area contributed by atoms with E-state index in [9.17, 15) is 62.6 Å². The number of amides is 12. The number of hydrogen-bond donors (Lipinski definition) is 11. The number of likely N-dealkylation sites (tertiary alicyclic amines) is 2. The van der Waals surface area contributed by atoms with Crippen LogP contribution < -0.4 is 53.6 Å². The molecule has 0 spiro atoms. The minimum Gasteiger partial charge on any atom is -0.394 e. The van der Waals surface area contributed by atoms with E-state index in [1.807, 2.05) is 55.4 Å². The van der Waals surface area contributed by atoms with Gasteiger partial charge < -0.3 is 68.5 Å². The number of nitrogens with zero attached hydrogens (tertiary/aromatic N) is 2. The van der Waals surface area contributed by atoms with Gasteiger partial charge in [-0.25, -0.2) is 0 Å². The van der Waals surface area contributed by atoms with E-state index >= 15 is 0 Å². The van der Waals surface area contributed by atoms with E-state index in [2.05, 4.69) is 47.9 Å². The van der Waals surface area contributed by atoms with Crippen molar-refractivity contribution >= 4 is 70.9 Å². The Labute approximate surface area is 485 Å². The van der Waals surface area contributed by atoms with Crippen molar-refractivity contribution in [3.63, 3.8) is 0 Å². The van der Waals surface area contributed by atoms with Crippen LogP contribution in [-0.4, -0.2) is 170 Å². The average molecular weight is 1160 g/mol. The van der Waals surface area contributed by atoms with Crippen LogP contribution in [0.25, 0.3) is 0 Å². The molecule has 466 valence electrons. The fourth-order valence-corrected chi connectivity index (χ4v) is 10.0. The number of hydrogen-bond acceptors (Lipinski definition) is 13. The molecule has 82 heavy (non-hydrogen) atoms. The summed E-state index contributed by atoms with van der Waals surface area (Å²) in [5.41, 5.74) is 0.768. The molecule has 0 saturated carbocycles. The molecule has 25 heteroatoms. The van der Waals surface area contributed by atoms with Gasteiger partial charge in [0, 0.05) is 20.0 Å². The number of nitrogens with one attached hydrogen (secondary N) is 9. The topological polar surface area (TPSA) is 366 Å². The first kappa shape index (κ1) is 71.7. The van der Waals surface area contributed by atoms with E-state index in [0.717, 1.165) is 0 Å². The minimum atomic E-state index is -1.66. The molecule has 0 aromatic rings. The molecule has 2 saturated heterocycles.